The number of Topliss-reactive ketones (excluding diaryl/α,β-unsaturated/α-hetero) is 1. The molecule has 3 aromatic rings. The number of fused-ring (bicyclic) bond motifs is 4. The lowest BCUT2D eigenvalue weighted by Gasteiger charge is -2.18. The van der Waals surface area contributed by atoms with Crippen LogP contribution >= 0.6 is 23.1 Å². The molecule has 0 bridgehead atoms. The van der Waals surface area contributed by atoms with Gasteiger partial charge in [0.2, 0.25) is 0 Å². The largest absolute Gasteiger partial charge is 0.482 e. The summed E-state index contributed by atoms with van der Waals surface area (Å²) in [6.07, 6.45) is 3.05. The lowest BCUT2D eigenvalue weighted by Crippen LogP contribution is -2.25. The fourth-order valence-corrected chi connectivity index (χ4v) is 5.87. The topological polar surface area (TPSA) is 90.3 Å². The van der Waals surface area contributed by atoms with E-state index in [0.717, 1.165) is 35.0 Å². The minimum Gasteiger partial charge on any atom is -0.482 e. The second kappa shape index (κ2) is 7.00. The molecule has 0 atom stereocenters. The molecule has 0 unspecified atom stereocenters. The van der Waals surface area contributed by atoms with Gasteiger partial charge in [-0.05, 0) is 43.0 Å². The van der Waals surface area contributed by atoms with Crippen molar-refractivity contribution in [2.24, 2.45) is 7.05 Å². The van der Waals surface area contributed by atoms with Crippen molar-refractivity contribution in [3.05, 3.63) is 44.6 Å². The molecule has 5 rings (SSSR count). The van der Waals surface area contributed by atoms with Crippen molar-refractivity contribution in [2.75, 3.05) is 17.7 Å². The van der Waals surface area contributed by atoms with Crippen LogP contribution < -0.4 is 15.6 Å². The molecule has 148 valence electrons. The zero-order valence-corrected chi connectivity index (χ0v) is 17.2. The maximum Gasteiger partial charge on any atom is 0.262 e. The third-order valence-electron chi connectivity index (χ3n) is 5.17. The maximum absolute atomic E-state index is 12.9. The number of thioether (sulfide) groups is 1. The molecule has 1 aliphatic heterocycles. The van der Waals surface area contributed by atoms with Crippen molar-refractivity contribution >= 4 is 50.7 Å². The summed E-state index contributed by atoms with van der Waals surface area (Å²) in [6, 6.07) is 4.98. The number of aryl methyl sites for hydroxylation is 2. The summed E-state index contributed by atoms with van der Waals surface area (Å²) in [5, 5.41) is 3.98. The summed E-state index contributed by atoms with van der Waals surface area (Å²) in [7, 11) is 1.70. The monoisotopic (exact) mass is 427 g/mol. The van der Waals surface area contributed by atoms with Crippen molar-refractivity contribution in [3.63, 3.8) is 0 Å². The van der Waals surface area contributed by atoms with Crippen LogP contribution in [0.25, 0.3) is 10.2 Å². The third-order valence-corrected chi connectivity index (χ3v) is 7.39. The Morgan fingerprint density at radius 3 is 3.07 bits per heavy atom. The number of amides is 1. The lowest BCUT2D eigenvalue weighted by molar-refractivity contribution is -0.118. The van der Waals surface area contributed by atoms with Gasteiger partial charge in [-0.25, -0.2) is 4.98 Å². The molecule has 3 heterocycles. The first-order valence-electron chi connectivity index (χ1n) is 9.25. The van der Waals surface area contributed by atoms with Crippen molar-refractivity contribution < 1.29 is 14.3 Å². The number of benzene rings is 1. The van der Waals surface area contributed by atoms with Gasteiger partial charge in [0.05, 0.1) is 16.8 Å². The minimum atomic E-state index is -0.244. The Hall–Kier alpha value is -2.65. The van der Waals surface area contributed by atoms with Gasteiger partial charge in [-0.2, -0.15) is 0 Å². The molecule has 1 aliphatic carbocycles. The van der Waals surface area contributed by atoms with Gasteiger partial charge in [-0.15, -0.1) is 11.3 Å². The van der Waals surface area contributed by atoms with Gasteiger partial charge in [-0.1, -0.05) is 11.8 Å². The number of carbonyl (C=O) groups is 2. The highest BCUT2D eigenvalue weighted by molar-refractivity contribution is 7.99. The molecule has 0 saturated heterocycles. The summed E-state index contributed by atoms with van der Waals surface area (Å²) in [5.74, 6) is 0.339. The van der Waals surface area contributed by atoms with Crippen LogP contribution in [0.15, 0.2) is 28.2 Å². The first-order valence-corrected chi connectivity index (χ1v) is 11.1. The molecular formula is C20H17N3O4S2. The van der Waals surface area contributed by atoms with Crippen LogP contribution in [0.4, 0.5) is 5.69 Å². The Morgan fingerprint density at radius 1 is 1.34 bits per heavy atom. The van der Waals surface area contributed by atoms with Crippen molar-refractivity contribution in [1.29, 1.82) is 0 Å². The first kappa shape index (κ1) is 18.4. The van der Waals surface area contributed by atoms with Gasteiger partial charge in [0.15, 0.2) is 17.5 Å². The number of ketones is 1. The standard InChI is InChI=1S/C20H17N3O4S2/c1-23-19(26)17-11-3-2-4-15(11)29-18(17)22-20(23)28-9-13(24)10-5-6-14-12(7-10)21-16(25)8-27-14/h5-7H,2-4,8-9H2,1H3,(H,21,25). The Bertz CT molecular complexity index is 1240. The molecule has 2 aliphatic rings. The highest BCUT2D eigenvalue weighted by Gasteiger charge is 2.23. The number of nitrogens with zero attached hydrogens (tertiary/aromatic N) is 2. The van der Waals surface area contributed by atoms with E-state index in [0.29, 0.717) is 22.2 Å². The van der Waals surface area contributed by atoms with Crippen molar-refractivity contribution in [1.82, 2.24) is 9.55 Å². The van der Waals surface area contributed by atoms with Gasteiger partial charge >= 0.3 is 0 Å². The fourth-order valence-electron chi connectivity index (χ4n) is 3.70. The van der Waals surface area contributed by atoms with E-state index in [2.05, 4.69) is 10.3 Å². The molecule has 1 N–H and O–H groups in total. The van der Waals surface area contributed by atoms with E-state index in [1.165, 1.54) is 21.2 Å². The maximum atomic E-state index is 12.9. The fraction of sp³-hybridized carbons (Fsp3) is 0.300. The second-order valence-electron chi connectivity index (χ2n) is 7.06. The average molecular weight is 428 g/mol. The molecule has 0 spiro atoms. The minimum absolute atomic E-state index is 0.0233. The number of rotatable bonds is 4. The lowest BCUT2D eigenvalue weighted by atomic mass is 10.1. The molecule has 2 aromatic heterocycles. The van der Waals surface area contributed by atoms with E-state index in [9.17, 15) is 14.4 Å². The van der Waals surface area contributed by atoms with E-state index in [4.69, 9.17) is 4.74 Å². The molecule has 1 amide bonds. The average Bonchev–Trinajstić information content (AvgIpc) is 3.29. The van der Waals surface area contributed by atoms with E-state index in [1.54, 1.807) is 36.6 Å². The molecular weight excluding hydrogens is 410 g/mol. The zero-order chi connectivity index (χ0) is 20.1. The zero-order valence-electron chi connectivity index (χ0n) is 15.6. The van der Waals surface area contributed by atoms with Crippen molar-refractivity contribution in [2.45, 2.75) is 24.4 Å². The van der Waals surface area contributed by atoms with Crippen LogP contribution in [0.3, 0.4) is 0 Å². The molecule has 0 saturated carbocycles. The van der Waals surface area contributed by atoms with E-state index in [-0.39, 0.29) is 29.6 Å². The van der Waals surface area contributed by atoms with Gasteiger partial charge in [0.1, 0.15) is 10.6 Å². The third kappa shape index (κ3) is 3.14. The van der Waals surface area contributed by atoms with E-state index in [1.807, 2.05) is 0 Å². The van der Waals surface area contributed by atoms with Crippen LogP contribution in [0.1, 0.15) is 27.2 Å². The number of ether oxygens (including phenoxy) is 1. The Labute approximate surface area is 174 Å². The smallest absolute Gasteiger partial charge is 0.262 e. The number of hydrogen-bond donors (Lipinski definition) is 1. The van der Waals surface area contributed by atoms with Crippen LogP contribution in [0.5, 0.6) is 5.75 Å². The van der Waals surface area contributed by atoms with Crippen LogP contribution in [-0.2, 0) is 24.7 Å². The quantitative estimate of drug-likeness (QED) is 0.391. The number of anilines is 1. The highest BCUT2D eigenvalue weighted by Crippen LogP contribution is 2.35. The number of hydrogen-bond acceptors (Lipinski definition) is 7. The molecule has 7 nitrogen and oxygen atoms in total. The normalized spacial score (nSPS) is 15.0. The summed E-state index contributed by atoms with van der Waals surface area (Å²) in [5.41, 5.74) is 2.09. The molecule has 0 fully saturated rings. The van der Waals surface area contributed by atoms with Crippen LogP contribution in [-0.4, -0.2) is 33.6 Å². The van der Waals surface area contributed by atoms with E-state index < -0.39 is 0 Å². The molecule has 0 radical (unpaired) electrons. The summed E-state index contributed by atoms with van der Waals surface area (Å²) < 4.78 is 6.85. The predicted molar refractivity (Wildman–Crippen MR) is 113 cm³/mol. The molecule has 1 aromatic carbocycles. The van der Waals surface area contributed by atoms with E-state index >= 15 is 0 Å². The Kier molecular flexibility index (Phi) is 4.44. The molecule has 29 heavy (non-hydrogen) atoms. The van der Waals surface area contributed by atoms with Gasteiger partial charge in [-0.3, -0.25) is 19.0 Å². The molecule has 9 heteroatoms. The number of carbonyl (C=O) groups excluding carboxylic acids is 2. The van der Waals surface area contributed by atoms with Crippen LogP contribution in [0, 0.1) is 0 Å². The van der Waals surface area contributed by atoms with Crippen LogP contribution in [0.2, 0.25) is 0 Å². The second-order valence-corrected chi connectivity index (χ2v) is 9.08. The summed E-state index contributed by atoms with van der Waals surface area (Å²) in [4.78, 5) is 43.7. The predicted octanol–water partition coefficient (Wildman–Crippen LogP) is 2.79. The SMILES string of the molecule is Cn1c(SCC(=O)c2ccc3c(c2)NC(=O)CO3)nc2sc3c(c2c1=O)CCC3. The Balaban J connectivity index is 1.39. The highest BCUT2D eigenvalue weighted by atomic mass is 32.2. The first-order chi connectivity index (χ1) is 14.0. The van der Waals surface area contributed by atoms with Gasteiger partial charge < -0.3 is 10.1 Å². The Morgan fingerprint density at radius 2 is 2.21 bits per heavy atom. The summed E-state index contributed by atoms with van der Waals surface area (Å²) in [6.45, 7) is -0.0233. The van der Waals surface area contributed by atoms with Crippen molar-refractivity contribution in [3.8, 4) is 5.75 Å². The van der Waals surface area contributed by atoms with Gasteiger partial charge in [0.25, 0.3) is 11.5 Å². The summed E-state index contributed by atoms with van der Waals surface area (Å²) >= 11 is 2.84. The number of nitrogens with one attached hydrogen (secondary N) is 1. The van der Waals surface area contributed by atoms with Gasteiger partial charge in [0, 0.05) is 17.5 Å². The number of thiophene rings is 1. The number of aromatic nitrogens is 2.